The van der Waals surface area contributed by atoms with Gasteiger partial charge >= 0.3 is 0 Å². The van der Waals surface area contributed by atoms with Gasteiger partial charge in [-0.25, -0.2) is 8.42 Å². The number of aryl methyl sites for hydroxylation is 1. The third-order valence-electron chi connectivity index (χ3n) is 2.18. The molecule has 1 rings (SSSR count). The van der Waals surface area contributed by atoms with Crippen molar-refractivity contribution in [2.75, 3.05) is 23.7 Å². The highest BCUT2D eigenvalue weighted by Gasteiger charge is 2.17. The van der Waals surface area contributed by atoms with Gasteiger partial charge < -0.3 is 10.5 Å². The van der Waals surface area contributed by atoms with E-state index in [0.29, 0.717) is 6.61 Å². The molecular formula is C9H17N5O3S. The van der Waals surface area contributed by atoms with Gasteiger partial charge in [0.15, 0.2) is 0 Å². The third kappa shape index (κ3) is 3.70. The smallest absolute Gasteiger partial charge is 0.236 e. The maximum atomic E-state index is 11.8. The fraction of sp³-hybridized carbons (Fsp3) is 0.556. The van der Waals surface area contributed by atoms with Crippen molar-refractivity contribution in [1.29, 1.82) is 5.41 Å². The Bertz CT molecular complexity index is 522. The minimum Gasteiger partial charge on any atom is -0.384 e. The van der Waals surface area contributed by atoms with Crippen LogP contribution in [0.15, 0.2) is 6.20 Å². The number of sulfonamides is 1. The molecule has 8 nitrogen and oxygen atoms in total. The molecule has 0 unspecified atom stereocenters. The maximum Gasteiger partial charge on any atom is 0.236 e. The monoisotopic (exact) mass is 275 g/mol. The summed E-state index contributed by atoms with van der Waals surface area (Å²) in [5.41, 5.74) is 5.59. The van der Waals surface area contributed by atoms with Gasteiger partial charge in [0.25, 0.3) is 0 Å². The summed E-state index contributed by atoms with van der Waals surface area (Å²) in [5.74, 6) is -0.229. The first-order valence-corrected chi connectivity index (χ1v) is 6.97. The lowest BCUT2D eigenvalue weighted by atomic mass is 10.3. The van der Waals surface area contributed by atoms with Gasteiger partial charge in [0.2, 0.25) is 10.0 Å². The zero-order chi connectivity index (χ0) is 13.8. The second kappa shape index (κ2) is 5.83. The number of nitrogen functional groups attached to an aromatic ring is 1. The zero-order valence-electron chi connectivity index (χ0n) is 10.3. The van der Waals surface area contributed by atoms with Crippen LogP contribution >= 0.6 is 0 Å². The standard InChI is InChI=1S/C9H17N5O3S/c1-3-17-4-5-18(15,16)13-9-7(8(10)11)6-12-14(9)2/h6,13H,3-5H2,1-2H3,(H3,10,11). The number of hydrogen-bond donors (Lipinski definition) is 3. The normalized spacial score (nSPS) is 11.4. The molecule has 0 aromatic carbocycles. The van der Waals surface area contributed by atoms with E-state index in [2.05, 4.69) is 9.82 Å². The number of hydrogen-bond acceptors (Lipinski definition) is 5. The number of amidine groups is 1. The number of nitrogens with zero attached hydrogens (tertiary/aromatic N) is 2. The lowest BCUT2D eigenvalue weighted by molar-refractivity contribution is 0.163. The molecule has 0 fully saturated rings. The van der Waals surface area contributed by atoms with Crippen molar-refractivity contribution >= 4 is 21.7 Å². The van der Waals surface area contributed by atoms with Crippen LogP contribution in [-0.4, -0.2) is 43.0 Å². The number of ether oxygens (including phenoxy) is 1. The maximum absolute atomic E-state index is 11.8. The van der Waals surface area contributed by atoms with E-state index in [-0.39, 0.29) is 29.6 Å². The second-order valence-corrected chi connectivity index (χ2v) is 5.40. The molecule has 4 N–H and O–H groups in total. The van der Waals surface area contributed by atoms with Crippen LogP contribution in [-0.2, 0) is 21.8 Å². The zero-order valence-corrected chi connectivity index (χ0v) is 11.1. The van der Waals surface area contributed by atoms with Crippen molar-refractivity contribution in [2.24, 2.45) is 12.8 Å². The van der Waals surface area contributed by atoms with Crippen LogP contribution in [0.4, 0.5) is 5.82 Å². The van der Waals surface area contributed by atoms with Crippen LogP contribution in [0.3, 0.4) is 0 Å². The van der Waals surface area contributed by atoms with E-state index in [0.717, 1.165) is 0 Å². The van der Waals surface area contributed by atoms with Crippen molar-refractivity contribution in [1.82, 2.24) is 9.78 Å². The minimum atomic E-state index is -3.54. The Morgan fingerprint density at radius 2 is 2.33 bits per heavy atom. The van der Waals surface area contributed by atoms with Crippen molar-refractivity contribution in [3.63, 3.8) is 0 Å². The highest BCUT2D eigenvalue weighted by atomic mass is 32.2. The molecule has 1 aromatic heterocycles. The number of nitrogens with two attached hydrogens (primary N) is 1. The fourth-order valence-corrected chi connectivity index (χ4v) is 2.24. The molecule has 0 atom stereocenters. The average Bonchev–Trinajstić information content (AvgIpc) is 2.60. The van der Waals surface area contributed by atoms with Crippen LogP contribution in [0.2, 0.25) is 0 Å². The van der Waals surface area contributed by atoms with Crippen LogP contribution < -0.4 is 10.5 Å². The summed E-state index contributed by atoms with van der Waals surface area (Å²) in [5, 5.41) is 11.2. The molecule has 0 spiro atoms. The fourth-order valence-electron chi connectivity index (χ4n) is 1.27. The number of anilines is 1. The molecule has 1 aromatic rings. The molecule has 0 aliphatic rings. The first-order chi connectivity index (χ1) is 8.37. The van der Waals surface area contributed by atoms with E-state index < -0.39 is 10.0 Å². The summed E-state index contributed by atoms with van der Waals surface area (Å²) in [6, 6.07) is 0. The molecular weight excluding hydrogens is 258 g/mol. The molecule has 0 bridgehead atoms. The predicted octanol–water partition coefficient (Wildman–Crippen LogP) is -0.518. The molecule has 0 aliphatic carbocycles. The Morgan fingerprint density at radius 3 is 2.89 bits per heavy atom. The van der Waals surface area contributed by atoms with Crippen molar-refractivity contribution < 1.29 is 13.2 Å². The number of rotatable bonds is 7. The van der Waals surface area contributed by atoms with Crippen LogP contribution in [0.1, 0.15) is 12.5 Å². The molecule has 0 radical (unpaired) electrons. The topological polar surface area (TPSA) is 123 Å². The van der Waals surface area contributed by atoms with E-state index in [9.17, 15) is 8.42 Å². The first kappa shape index (κ1) is 14.5. The molecule has 102 valence electrons. The first-order valence-electron chi connectivity index (χ1n) is 5.32. The lowest BCUT2D eigenvalue weighted by Crippen LogP contribution is -2.23. The van der Waals surface area contributed by atoms with Crippen molar-refractivity contribution in [3.8, 4) is 0 Å². The van der Waals surface area contributed by atoms with Gasteiger partial charge in [-0.1, -0.05) is 0 Å². The molecule has 0 saturated carbocycles. The van der Waals surface area contributed by atoms with Gasteiger partial charge in [-0.15, -0.1) is 0 Å². The molecule has 0 aliphatic heterocycles. The van der Waals surface area contributed by atoms with Gasteiger partial charge in [-0.05, 0) is 6.92 Å². The Kier molecular flexibility index (Phi) is 4.68. The van der Waals surface area contributed by atoms with E-state index in [1.807, 2.05) is 0 Å². The average molecular weight is 275 g/mol. The molecule has 18 heavy (non-hydrogen) atoms. The van der Waals surface area contributed by atoms with Gasteiger partial charge in [0, 0.05) is 13.7 Å². The molecule has 0 saturated heterocycles. The lowest BCUT2D eigenvalue weighted by Gasteiger charge is -2.09. The van der Waals surface area contributed by atoms with Crippen LogP contribution in [0.5, 0.6) is 0 Å². The molecule has 9 heteroatoms. The summed E-state index contributed by atoms with van der Waals surface area (Å²) >= 11 is 0. The van der Waals surface area contributed by atoms with Gasteiger partial charge in [-0.3, -0.25) is 14.8 Å². The van der Waals surface area contributed by atoms with E-state index in [1.165, 1.54) is 10.9 Å². The predicted molar refractivity (Wildman–Crippen MR) is 68.1 cm³/mol. The Labute approximate surface area is 106 Å². The van der Waals surface area contributed by atoms with Crippen molar-refractivity contribution in [2.45, 2.75) is 6.92 Å². The number of aromatic nitrogens is 2. The van der Waals surface area contributed by atoms with Crippen LogP contribution in [0.25, 0.3) is 0 Å². The van der Waals surface area contributed by atoms with E-state index >= 15 is 0 Å². The largest absolute Gasteiger partial charge is 0.384 e. The highest BCUT2D eigenvalue weighted by Crippen LogP contribution is 2.14. The molecule has 1 heterocycles. The highest BCUT2D eigenvalue weighted by molar-refractivity contribution is 7.92. The molecule has 0 amide bonds. The summed E-state index contributed by atoms with van der Waals surface area (Å²) < 4.78 is 32.2. The summed E-state index contributed by atoms with van der Waals surface area (Å²) in [7, 11) is -1.98. The Morgan fingerprint density at radius 1 is 1.67 bits per heavy atom. The van der Waals surface area contributed by atoms with E-state index in [4.69, 9.17) is 15.9 Å². The van der Waals surface area contributed by atoms with Gasteiger partial charge in [0.05, 0.1) is 24.1 Å². The summed E-state index contributed by atoms with van der Waals surface area (Å²) in [4.78, 5) is 0. The SMILES string of the molecule is CCOCCS(=O)(=O)Nc1c(C(=N)N)cnn1C. The van der Waals surface area contributed by atoms with E-state index in [1.54, 1.807) is 14.0 Å². The summed E-state index contributed by atoms with van der Waals surface area (Å²) in [6.45, 7) is 2.36. The quantitative estimate of drug-likeness (QED) is 0.351. The number of nitrogens with one attached hydrogen (secondary N) is 2. The van der Waals surface area contributed by atoms with Crippen molar-refractivity contribution in [3.05, 3.63) is 11.8 Å². The summed E-state index contributed by atoms with van der Waals surface area (Å²) in [6.07, 6.45) is 1.34. The Hall–Kier alpha value is -1.61. The Balaban J connectivity index is 2.84. The third-order valence-corrected chi connectivity index (χ3v) is 3.39. The van der Waals surface area contributed by atoms with Crippen LogP contribution in [0, 0.1) is 5.41 Å². The van der Waals surface area contributed by atoms with Gasteiger partial charge in [0.1, 0.15) is 11.7 Å². The van der Waals surface area contributed by atoms with Gasteiger partial charge in [-0.2, -0.15) is 5.10 Å². The second-order valence-electron chi connectivity index (χ2n) is 3.56. The minimum absolute atomic E-state index is 0.110.